The van der Waals surface area contributed by atoms with Crippen LogP contribution < -0.4 is 0 Å². The molecule has 2 aliphatic heterocycles. The molecule has 5 nitrogen and oxygen atoms in total. The Kier molecular flexibility index (Phi) is 3.50. The van der Waals surface area contributed by atoms with Crippen LogP contribution in [0.2, 0.25) is 0 Å². The molecule has 0 aliphatic carbocycles. The zero-order chi connectivity index (χ0) is 13.3. The van der Waals surface area contributed by atoms with Crippen molar-refractivity contribution in [1.29, 1.82) is 0 Å². The third-order valence-corrected chi connectivity index (χ3v) is 3.35. The molecule has 1 saturated heterocycles. The van der Waals surface area contributed by atoms with E-state index in [0.717, 1.165) is 18.7 Å². The largest absolute Gasteiger partial charge is 0.484 e. The molecule has 2 atom stereocenters. The molecule has 2 aliphatic rings. The van der Waals surface area contributed by atoms with Crippen LogP contribution in [0.25, 0.3) is 0 Å². The first kappa shape index (κ1) is 13.2. The Morgan fingerprint density at radius 1 is 1.33 bits per heavy atom. The van der Waals surface area contributed by atoms with Gasteiger partial charge in [-0.25, -0.2) is 4.79 Å². The van der Waals surface area contributed by atoms with Crippen LogP contribution in [0.4, 0.5) is 4.79 Å². The number of rotatable bonds is 0. The predicted octanol–water partition coefficient (Wildman–Crippen LogP) is 2.20. The van der Waals surface area contributed by atoms with E-state index in [0.29, 0.717) is 13.0 Å². The highest BCUT2D eigenvalue weighted by Crippen LogP contribution is 2.31. The van der Waals surface area contributed by atoms with Crippen LogP contribution in [0.3, 0.4) is 0 Å². The second kappa shape index (κ2) is 4.78. The highest BCUT2D eigenvalue weighted by molar-refractivity contribution is 5.79. The van der Waals surface area contributed by atoms with Gasteiger partial charge in [0, 0.05) is 12.5 Å². The summed E-state index contributed by atoms with van der Waals surface area (Å²) in [5.41, 5.74) is -0.451. The lowest BCUT2D eigenvalue weighted by molar-refractivity contribution is 0.0163. The summed E-state index contributed by atoms with van der Waals surface area (Å²) in [6.45, 7) is 6.30. The molecule has 0 aromatic rings. The summed E-state index contributed by atoms with van der Waals surface area (Å²) in [6.07, 6.45) is 2.49. The van der Waals surface area contributed by atoms with E-state index in [4.69, 9.17) is 9.47 Å². The fraction of sp³-hybridized carbons (Fsp3) is 0.846. The van der Waals surface area contributed by atoms with Gasteiger partial charge in [-0.1, -0.05) is 0 Å². The van der Waals surface area contributed by atoms with Crippen LogP contribution in [0.5, 0.6) is 0 Å². The fourth-order valence-electron chi connectivity index (χ4n) is 2.57. The number of methoxy groups -OCH3 is 1. The van der Waals surface area contributed by atoms with Gasteiger partial charge in [0.05, 0.1) is 19.7 Å². The van der Waals surface area contributed by atoms with Gasteiger partial charge < -0.3 is 9.47 Å². The second-order valence-electron chi connectivity index (χ2n) is 5.92. The summed E-state index contributed by atoms with van der Waals surface area (Å²) in [5.74, 6) is 0.746. The summed E-state index contributed by atoms with van der Waals surface area (Å²) < 4.78 is 10.7. The van der Waals surface area contributed by atoms with Crippen LogP contribution in [0.15, 0.2) is 4.99 Å². The van der Waals surface area contributed by atoms with Gasteiger partial charge in [0.1, 0.15) is 5.60 Å². The molecule has 0 aromatic heterocycles. The molecule has 2 rings (SSSR count). The Morgan fingerprint density at radius 3 is 2.61 bits per heavy atom. The Morgan fingerprint density at radius 2 is 2.00 bits per heavy atom. The van der Waals surface area contributed by atoms with E-state index in [1.807, 2.05) is 25.7 Å². The first-order chi connectivity index (χ1) is 8.40. The maximum Gasteiger partial charge on any atom is 0.410 e. The van der Waals surface area contributed by atoms with Crippen molar-refractivity contribution in [2.45, 2.75) is 57.7 Å². The number of hydrogen-bond acceptors (Lipinski definition) is 4. The van der Waals surface area contributed by atoms with Crippen LogP contribution in [0, 0.1) is 0 Å². The van der Waals surface area contributed by atoms with E-state index in [2.05, 4.69) is 4.99 Å². The summed E-state index contributed by atoms with van der Waals surface area (Å²) in [7, 11) is 1.63. The number of nitrogens with zero attached hydrogens (tertiary/aromatic N) is 2. The molecule has 2 bridgehead atoms. The monoisotopic (exact) mass is 254 g/mol. The van der Waals surface area contributed by atoms with Crippen LogP contribution in [-0.2, 0) is 9.47 Å². The van der Waals surface area contributed by atoms with E-state index < -0.39 is 5.60 Å². The van der Waals surface area contributed by atoms with Crippen molar-refractivity contribution in [2.24, 2.45) is 4.99 Å². The van der Waals surface area contributed by atoms with E-state index in [-0.39, 0.29) is 18.2 Å². The number of carbonyl (C=O) groups excluding carboxylic acids is 1. The van der Waals surface area contributed by atoms with E-state index in [1.54, 1.807) is 7.11 Å². The minimum absolute atomic E-state index is 0.164. The maximum atomic E-state index is 12.2. The smallest absolute Gasteiger partial charge is 0.410 e. The number of carbonyl (C=O) groups is 1. The molecule has 102 valence electrons. The van der Waals surface area contributed by atoms with E-state index >= 15 is 0 Å². The molecule has 0 saturated carbocycles. The second-order valence-corrected chi connectivity index (χ2v) is 5.92. The first-order valence-electron chi connectivity index (χ1n) is 6.49. The third-order valence-electron chi connectivity index (χ3n) is 3.35. The van der Waals surface area contributed by atoms with Crippen molar-refractivity contribution in [2.75, 3.05) is 13.7 Å². The molecule has 0 radical (unpaired) electrons. The Bertz CT molecular complexity index is 360. The number of amides is 1. The topological polar surface area (TPSA) is 51.1 Å². The lowest BCUT2D eigenvalue weighted by Crippen LogP contribution is -2.44. The molecule has 0 spiro atoms. The van der Waals surface area contributed by atoms with Gasteiger partial charge >= 0.3 is 6.09 Å². The summed E-state index contributed by atoms with van der Waals surface area (Å²) >= 11 is 0. The van der Waals surface area contributed by atoms with Crippen molar-refractivity contribution in [3.8, 4) is 0 Å². The average Bonchev–Trinajstić information content (AvgIpc) is 2.51. The molecule has 0 unspecified atom stereocenters. The molecular weight excluding hydrogens is 232 g/mol. The van der Waals surface area contributed by atoms with Crippen LogP contribution in [-0.4, -0.2) is 48.2 Å². The average molecular weight is 254 g/mol. The van der Waals surface area contributed by atoms with Gasteiger partial charge in [0.15, 0.2) is 5.90 Å². The van der Waals surface area contributed by atoms with Crippen LogP contribution >= 0.6 is 0 Å². The standard InChI is InChI=1S/C13H22N2O3/c1-13(2,3)18-12(16)15-9-5-6-10(15)8-14-11(7-9)17-4/h9-10H,5-8H2,1-4H3/t9-,10+/m0/s1. The van der Waals surface area contributed by atoms with Crippen molar-refractivity contribution in [3.05, 3.63) is 0 Å². The lowest BCUT2D eigenvalue weighted by atomic mass is 10.1. The molecule has 1 fully saturated rings. The Hall–Kier alpha value is -1.26. The van der Waals surface area contributed by atoms with Crippen molar-refractivity contribution in [1.82, 2.24) is 4.90 Å². The minimum atomic E-state index is -0.451. The van der Waals surface area contributed by atoms with Gasteiger partial charge in [0.2, 0.25) is 0 Å². The third kappa shape index (κ3) is 2.76. The minimum Gasteiger partial charge on any atom is -0.484 e. The highest BCUT2D eigenvalue weighted by atomic mass is 16.6. The molecule has 18 heavy (non-hydrogen) atoms. The van der Waals surface area contributed by atoms with Crippen molar-refractivity contribution < 1.29 is 14.3 Å². The molecular formula is C13H22N2O3. The van der Waals surface area contributed by atoms with Crippen molar-refractivity contribution in [3.63, 3.8) is 0 Å². The quantitative estimate of drug-likeness (QED) is 0.666. The number of fused-ring (bicyclic) bond motifs is 2. The highest BCUT2D eigenvalue weighted by Gasteiger charge is 2.41. The van der Waals surface area contributed by atoms with Gasteiger partial charge in [-0.15, -0.1) is 0 Å². The van der Waals surface area contributed by atoms with Crippen molar-refractivity contribution >= 4 is 12.0 Å². The zero-order valence-corrected chi connectivity index (χ0v) is 11.6. The Balaban J connectivity index is 2.09. The fourth-order valence-corrected chi connectivity index (χ4v) is 2.57. The predicted molar refractivity (Wildman–Crippen MR) is 68.8 cm³/mol. The lowest BCUT2D eigenvalue weighted by Gasteiger charge is -2.30. The Labute approximate surface area is 108 Å². The number of aliphatic imine (C=N–C) groups is 1. The van der Waals surface area contributed by atoms with Gasteiger partial charge in [0.25, 0.3) is 0 Å². The first-order valence-corrected chi connectivity index (χ1v) is 6.49. The normalized spacial score (nSPS) is 27.6. The van der Waals surface area contributed by atoms with Gasteiger partial charge in [-0.2, -0.15) is 0 Å². The van der Waals surface area contributed by atoms with Gasteiger partial charge in [-0.3, -0.25) is 9.89 Å². The summed E-state index contributed by atoms with van der Waals surface area (Å²) in [5, 5.41) is 0. The van der Waals surface area contributed by atoms with E-state index in [1.165, 1.54) is 0 Å². The number of hydrogen-bond donors (Lipinski definition) is 0. The SMILES string of the molecule is COC1=NC[C@H]2CC[C@@H](C1)N2C(=O)OC(C)(C)C. The zero-order valence-electron chi connectivity index (χ0n) is 11.6. The van der Waals surface area contributed by atoms with E-state index in [9.17, 15) is 4.79 Å². The summed E-state index contributed by atoms with van der Waals surface area (Å²) in [6, 6.07) is 0.337. The molecule has 2 heterocycles. The molecule has 5 heteroatoms. The molecule has 0 N–H and O–H groups in total. The van der Waals surface area contributed by atoms with Gasteiger partial charge in [-0.05, 0) is 33.6 Å². The molecule has 0 aromatic carbocycles. The number of ether oxygens (including phenoxy) is 2. The maximum absolute atomic E-state index is 12.2. The summed E-state index contributed by atoms with van der Waals surface area (Å²) in [4.78, 5) is 18.5. The van der Waals surface area contributed by atoms with Crippen LogP contribution in [0.1, 0.15) is 40.0 Å². The molecule has 1 amide bonds.